The third kappa shape index (κ3) is 50.2. The Morgan fingerprint density at radius 3 is 0.944 bits per heavy atom. The number of rotatable bonds is 59. The van der Waals surface area contributed by atoms with Crippen molar-refractivity contribution < 1.29 is 42.8 Å². The van der Waals surface area contributed by atoms with Crippen LogP contribution in [-0.4, -0.2) is 96.1 Å². The van der Waals surface area contributed by atoms with Gasteiger partial charge in [0.05, 0.1) is 31.5 Å². The molecular weight excluding hydrogens is 901 g/mol. The summed E-state index contributed by atoms with van der Waals surface area (Å²) in [6.07, 6.45) is 56.8. The van der Waals surface area contributed by atoms with E-state index in [4.69, 9.17) is 28.4 Å². The minimum absolute atomic E-state index is 0.0175. The average molecular weight is 1020 g/mol. The first kappa shape index (κ1) is 70.0. The Kier molecular flexibility index (Phi) is 55.1. The van der Waals surface area contributed by atoms with Gasteiger partial charge in [-0.3, -0.25) is 14.4 Å². The van der Waals surface area contributed by atoms with Crippen LogP contribution in [0.4, 0.5) is 0 Å². The van der Waals surface area contributed by atoms with E-state index in [1.165, 1.54) is 103 Å². The normalized spacial score (nSPS) is 13.8. The fourth-order valence-electron chi connectivity index (χ4n) is 9.01. The Bertz CT molecular complexity index is 1200. The van der Waals surface area contributed by atoms with Crippen LogP contribution in [0.5, 0.6) is 0 Å². The highest BCUT2D eigenvalue weighted by atomic mass is 16.6. The third-order valence-electron chi connectivity index (χ3n) is 13.9. The second-order valence-corrected chi connectivity index (χ2v) is 20.7. The van der Waals surface area contributed by atoms with Gasteiger partial charge in [-0.1, -0.05) is 192 Å². The van der Waals surface area contributed by atoms with Gasteiger partial charge in [-0.05, 0) is 96.3 Å². The number of allylic oxidation sites excluding steroid dienone is 3. The van der Waals surface area contributed by atoms with Crippen molar-refractivity contribution in [1.29, 1.82) is 0 Å². The summed E-state index contributed by atoms with van der Waals surface area (Å²) in [5, 5.41) is 0. The molecule has 422 valence electrons. The molecule has 3 unspecified atom stereocenters. The van der Waals surface area contributed by atoms with E-state index >= 15 is 0 Å². The lowest BCUT2D eigenvalue weighted by Gasteiger charge is -2.18. The number of hydrogen-bond donors (Lipinski definition) is 0. The maximum absolute atomic E-state index is 12.8. The Hall–Kier alpha value is -2.01. The Labute approximate surface area is 444 Å². The molecule has 0 saturated heterocycles. The minimum atomic E-state index is -0.525. The summed E-state index contributed by atoms with van der Waals surface area (Å²) in [5.41, 5.74) is 0. The van der Waals surface area contributed by atoms with Crippen molar-refractivity contribution >= 4 is 17.3 Å². The van der Waals surface area contributed by atoms with E-state index in [0.717, 1.165) is 128 Å². The Morgan fingerprint density at radius 2 is 0.625 bits per heavy atom. The first-order chi connectivity index (χ1) is 35.3. The predicted molar refractivity (Wildman–Crippen MR) is 303 cm³/mol. The molecule has 0 radical (unpaired) electrons. The number of ether oxygens (including phenoxy) is 6. The summed E-state index contributed by atoms with van der Waals surface area (Å²) in [4.78, 5) is 38.2. The molecule has 0 aliphatic heterocycles. The van der Waals surface area contributed by atoms with Crippen molar-refractivity contribution in [2.24, 2.45) is 0 Å². The van der Waals surface area contributed by atoms with E-state index in [2.05, 4.69) is 57.2 Å². The Balaban J connectivity index is 4.56. The summed E-state index contributed by atoms with van der Waals surface area (Å²) in [6, 6.07) is 0. The maximum Gasteiger partial charge on any atom is 0.158 e. The van der Waals surface area contributed by atoms with Gasteiger partial charge in [0.25, 0.3) is 0 Å². The number of carbonyl (C=O) groups is 3. The van der Waals surface area contributed by atoms with Gasteiger partial charge in [0.15, 0.2) is 17.3 Å². The lowest BCUT2D eigenvalue weighted by atomic mass is 10.1. The second-order valence-electron chi connectivity index (χ2n) is 20.7. The van der Waals surface area contributed by atoms with Crippen molar-refractivity contribution in [3.05, 3.63) is 36.5 Å². The van der Waals surface area contributed by atoms with Crippen molar-refractivity contribution in [3.63, 3.8) is 0 Å². The topological polar surface area (TPSA) is 107 Å². The van der Waals surface area contributed by atoms with Crippen molar-refractivity contribution in [2.75, 3.05) is 54.4 Å². The van der Waals surface area contributed by atoms with Gasteiger partial charge in [0.2, 0.25) is 0 Å². The van der Waals surface area contributed by atoms with E-state index < -0.39 is 6.10 Å². The van der Waals surface area contributed by atoms with Gasteiger partial charge in [0.1, 0.15) is 25.9 Å². The van der Waals surface area contributed by atoms with Gasteiger partial charge in [-0.25, -0.2) is 0 Å². The van der Waals surface area contributed by atoms with Gasteiger partial charge in [-0.2, -0.15) is 0 Å². The van der Waals surface area contributed by atoms with Crippen molar-refractivity contribution in [2.45, 2.75) is 296 Å². The molecule has 9 nitrogen and oxygen atoms in total. The summed E-state index contributed by atoms with van der Waals surface area (Å²) in [5.74, 6) is 0.219. The van der Waals surface area contributed by atoms with Crippen LogP contribution < -0.4 is 0 Å². The zero-order valence-corrected chi connectivity index (χ0v) is 48.1. The molecule has 0 fully saturated rings. The van der Waals surface area contributed by atoms with Crippen LogP contribution in [0, 0.1) is 0 Å². The van der Waals surface area contributed by atoms with Crippen LogP contribution in [-0.2, 0) is 42.8 Å². The summed E-state index contributed by atoms with van der Waals surface area (Å²) < 4.78 is 34.6. The molecule has 0 aromatic carbocycles. The molecule has 9 heteroatoms. The molecule has 0 N–H and O–H groups in total. The molecule has 0 saturated carbocycles. The fraction of sp³-hybridized carbons (Fsp3) is 0.857. The van der Waals surface area contributed by atoms with E-state index in [9.17, 15) is 14.4 Å². The van der Waals surface area contributed by atoms with E-state index in [1.54, 1.807) is 0 Å². The third-order valence-corrected chi connectivity index (χ3v) is 13.9. The van der Waals surface area contributed by atoms with Crippen LogP contribution in [0.1, 0.15) is 271 Å². The maximum atomic E-state index is 12.8. The first-order valence-corrected chi connectivity index (χ1v) is 30.2. The van der Waals surface area contributed by atoms with Gasteiger partial charge < -0.3 is 28.4 Å². The molecule has 0 spiro atoms. The van der Waals surface area contributed by atoms with Crippen LogP contribution in [0.15, 0.2) is 36.5 Å². The molecule has 0 aliphatic carbocycles. The first-order valence-electron chi connectivity index (χ1n) is 30.2. The highest BCUT2D eigenvalue weighted by Crippen LogP contribution is 2.16. The molecule has 3 atom stereocenters. The summed E-state index contributed by atoms with van der Waals surface area (Å²) in [6.45, 7) is 7.04. The van der Waals surface area contributed by atoms with Crippen LogP contribution in [0.25, 0.3) is 0 Å². The molecule has 0 aromatic heterocycles. The quantitative estimate of drug-likeness (QED) is 0.0435. The van der Waals surface area contributed by atoms with E-state index in [-0.39, 0.29) is 50.4 Å². The van der Waals surface area contributed by atoms with E-state index in [0.29, 0.717) is 37.6 Å². The Morgan fingerprint density at radius 1 is 0.333 bits per heavy atom. The number of carbonyl (C=O) groups excluding carboxylic acids is 3. The number of unbranched alkanes of at least 4 members (excludes halogenated alkanes) is 24. The van der Waals surface area contributed by atoms with Crippen molar-refractivity contribution in [3.8, 4) is 0 Å². The lowest BCUT2D eigenvalue weighted by Crippen LogP contribution is -2.30. The molecule has 0 amide bonds. The molecule has 0 aliphatic rings. The van der Waals surface area contributed by atoms with Crippen LogP contribution in [0.3, 0.4) is 0 Å². The average Bonchev–Trinajstić information content (AvgIpc) is 3.38. The number of ketones is 3. The van der Waals surface area contributed by atoms with Gasteiger partial charge in [0, 0.05) is 40.6 Å². The van der Waals surface area contributed by atoms with E-state index in [1.807, 2.05) is 21.3 Å². The zero-order chi connectivity index (χ0) is 52.6. The molecule has 0 rings (SSSR count). The monoisotopic (exact) mass is 1020 g/mol. The van der Waals surface area contributed by atoms with Crippen molar-refractivity contribution in [1.82, 2.24) is 0 Å². The molecule has 0 heterocycles. The van der Waals surface area contributed by atoms with Gasteiger partial charge in [-0.15, -0.1) is 0 Å². The van der Waals surface area contributed by atoms with Crippen LogP contribution >= 0.6 is 0 Å². The lowest BCUT2D eigenvalue weighted by molar-refractivity contribution is -0.135. The minimum Gasteiger partial charge on any atom is -0.381 e. The standard InChI is InChI=1S/C63H116O9/c1-7-10-13-37-46-60(67-4)49-40-31-25-19-16-22-28-34-43-57(64)52-70-55-63(72-54-59(66)45-36-30-24-18-21-27-33-42-51-62(69-6)48-39-15-12-9-3)56-71-53-58(65)44-35-29-23-17-20-26-32-41-50-61(68-5)47-38-14-11-8-2/h31-33,40-42,60-63H,7-30,34-39,43-56H2,1-6H3. The SMILES string of the molecule is CCCCCCC(CC=CCCCCCCCC(=O)COCC(COCC(=O)CCCCCCCC=CCC(CCCCCC)OC)OCC(=O)CCCCCCCC=CCC(CCCCCC)OC)OC. The highest BCUT2D eigenvalue weighted by Gasteiger charge is 2.16. The summed E-state index contributed by atoms with van der Waals surface area (Å²) in [7, 11) is 5.47. The largest absolute Gasteiger partial charge is 0.381 e. The highest BCUT2D eigenvalue weighted by molar-refractivity contribution is 5.80. The van der Waals surface area contributed by atoms with Crippen LogP contribution in [0.2, 0.25) is 0 Å². The number of methoxy groups -OCH3 is 3. The summed E-state index contributed by atoms with van der Waals surface area (Å²) >= 11 is 0. The second kappa shape index (κ2) is 56.7. The smallest absolute Gasteiger partial charge is 0.158 e. The number of Topliss-reactive ketones (excluding diaryl/α,β-unsaturated/α-hetero) is 3. The van der Waals surface area contributed by atoms with Gasteiger partial charge >= 0.3 is 0 Å². The fourth-order valence-corrected chi connectivity index (χ4v) is 9.01. The molecule has 0 aromatic rings. The molecule has 0 bridgehead atoms. The molecule has 72 heavy (non-hydrogen) atoms. The zero-order valence-electron chi connectivity index (χ0n) is 48.1. The predicted octanol–water partition coefficient (Wildman–Crippen LogP) is 17.1. The number of hydrogen-bond acceptors (Lipinski definition) is 9. The molecular formula is C63H116O9.